The summed E-state index contributed by atoms with van der Waals surface area (Å²) < 4.78 is 5.42. The Balaban J connectivity index is 2.04. The standard InChI is InChI=1S/C20H21NO5/c1-13(20(24)25)19(15-7-4-3-5-8-15)21-18(23)12-26-17-10-6-9-16(11-17)14(2)22/h3-11,13,19H,12H2,1-2H3,(H,21,23)(H,24,25). The summed E-state index contributed by atoms with van der Waals surface area (Å²) in [6, 6.07) is 14.8. The van der Waals surface area contributed by atoms with Crippen LogP contribution in [-0.2, 0) is 9.59 Å². The number of aliphatic carboxylic acids is 1. The first kappa shape index (κ1) is 19.2. The minimum atomic E-state index is -1.01. The van der Waals surface area contributed by atoms with Crippen molar-refractivity contribution in [1.29, 1.82) is 0 Å². The van der Waals surface area contributed by atoms with E-state index in [9.17, 15) is 19.5 Å². The van der Waals surface area contributed by atoms with Crippen LogP contribution in [0, 0.1) is 5.92 Å². The highest BCUT2D eigenvalue weighted by Crippen LogP contribution is 2.22. The molecule has 0 bridgehead atoms. The Bertz CT molecular complexity index is 788. The summed E-state index contributed by atoms with van der Waals surface area (Å²) in [6.45, 7) is 2.71. The van der Waals surface area contributed by atoms with Crippen LogP contribution in [0.4, 0.5) is 0 Å². The molecular weight excluding hydrogens is 334 g/mol. The number of nitrogens with one attached hydrogen (secondary N) is 1. The van der Waals surface area contributed by atoms with E-state index < -0.39 is 23.8 Å². The molecular formula is C20H21NO5. The average Bonchev–Trinajstić information content (AvgIpc) is 2.64. The molecule has 0 saturated heterocycles. The van der Waals surface area contributed by atoms with Gasteiger partial charge in [0, 0.05) is 5.56 Å². The van der Waals surface area contributed by atoms with Crippen LogP contribution >= 0.6 is 0 Å². The molecule has 1 amide bonds. The van der Waals surface area contributed by atoms with E-state index in [4.69, 9.17) is 4.74 Å². The number of ketones is 1. The molecule has 2 aromatic rings. The smallest absolute Gasteiger partial charge is 0.308 e. The third kappa shape index (κ3) is 5.17. The van der Waals surface area contributed by atoms with Gasteiger partial charge in [0.25, 0.3) is 5.91 Å². The maximum atomic E-state index is 12.2. The Labute approximate surface area is 151 Å². The first-order valence-corrected chi connectivity index (χ1v) is 8.19. The zero-order chi connectivity index (χ0) is 19.1. The molecule has 6 heteroatoms. The molecule has 2 N–H and O–H groups in total. The van der Waals surface area contributed by atoms with Gasteiger partial charge in [-0.05, 0) is 31.5 Å². The fraction of sp³-hybridized carbons (Fsp3) is 0.250. The van der Waals surface area contributed by atoms with Crippen LogP contribution in [0.3, 0.4) is 0 Å². The number of benzene rings is 2. The summed E-state index contributed by atoms with van der Waals surface area (Å²) in [6.07, 6.45) is 0. The van der Waals surface area contributed by atoms with Gasteiger partial charge in [-0.3, -0.25) is 14.4 Å². The fourth-order valence-electron chi connectivity index (χ4n) is 2.47. The SMILES string of the molecule is CC(=O)c1cccc(OCC(=O)NC(c2ccccc2)C(C)C(=O)O)c1. The molecule has 0 aliphatic carbocycles. The summed E-state index contributed by atoms with van der Waals surface area (Å²) in [7, 11) is 0. The van der Waals surface area contributed by atoms with E-state index in [1.165, 1.54) is 13.8 Å². The minimum Gasteiger partial charge on any atom is -0.484 e. The summed E-state index contributed by atoms with van der Waals surface area (Å²) in [5, 5.41) is 12.0. The molecule has 136 valence electrons. The summed E-state index contributed by atoms with van der Waals surface area (Å²) in [4.78, 5) is 35.0. The molecule has 0 fully saturated rings. The minimum absolute atomic E-state index is 0.0978. The number of carbonyl (C=O) groups is 3. The van der Waals surface area contributed by atoms with E-state index in [-0.39, 0.29) is 12.4 Å². The molecule has 26 heavy (non-hydrogen) atoms. The lowest BCUT2D eigenvalue weighted by Crippen LogP contribution is -2.38. The molecule has 6 nitrogen and oxygen atoms in total. The lowest BCUT2D eigenvalue weighted by atomic mass is 9.94. The third-order valence-electron chi connectivity index (χ3n) is 3.98. The summed E-state index contributed by atoms with van der Waals surface area (Å²) >= 11 is 0. The number of hydrogen-bond donors (Lipinski definition) is 2. The molecule has 2 aromatic carbocycles. The molecule has 0 heterocycles. The van der Waals surface area contributed by atoms with Gasteiger partial charge < -0.3 is 15.2 Å². The van der Waals surface area contributed by atoms with Crippen LogP contribution in [0.25, 0.3) is 0 Å². The van der Waals surface area contributed by atoms with Crippen LogP contribution < -0.4 is 10.1 Å². The van der Waals surface area contributed by atoms with Crippen molar-refractivity contribution in [3.8, 4) is 5.75 Å². The van der Waals surface area contributed by atoms with Crippen LogP contribution in [0.5, 0.6) is 5.75 Å². The number of carbonyl (C=O) groups excluding carboxylic acids is 2. The van der Waals surface area contributed by atoms with Crippen molar-refractivity contribution in [1.82, 2.24) is 5.32 Å². The topological polar surface area (TPSA) is 92.7 Å². The highest BCUT2D eigenvalue weighted by molar-refractivity contribution is 5.94. The highest BCUT2D eigenvalue weighted by Gasteiger charge is 2.26. The van der Waals surface area contributed by atoms with Gasteiger partial charge in [0.05, 0.1) is 12.0 Å². The van der Waals surface area contributed by atoms with E-state index in [1.54, 1.807) is 48.5 Å². The van der Waals surface area contributed by atoms with Crippen molar-refractivity contribution in [2.45, 2.75) is 19.9 Å². The molecule has 2 atom stereocenters. The Morgan fingerprint density at radius 2 is 1.77 bits per heavy atom. The van der Waals surface area contributed by atoms with E-state index in [1.807, 2.05) is 6.07 Å². The van der Waals surface area contributed by atoms with E-state index in [0.717, 1.165) is 0 Å². The lowest BCUT2D eigenvalue weighted by molar-refractivity contribution is -0.142. The summed E-state index contributed by atoms with van der Waals surface area (Å²) in [5.74, 6) is -1.95. The molecule has 0 aliphatic heterocycles. The van der Waals surface area contributed by atoms with Crippen molar-refractivity contribution in [2.75, 3.05) is 6.61 Å². The van der Waals surface area contributed by atoms with Crippen LogP contribution in [0.2, 0.25) is 0 Å². The second-order valence-corrected chi connectivity index (χ2v) is 5.96. The second-order valence-electron chi connectivity index (χ2n) is 5.96. The number of Topliss-reactive ketones (excluding diaryl/α,β-unsaturated/α-hetero) is 1. The van der Waals surface area contributed by atoms with Gasteiger partial charge >= 0.3 is 5.97 Å². The van der Waals surface area contributed by atoms with Crippen LogP contribution in [0.15, 0.2) is 54.6 Å². The summed E-state index contributed by atoms with van der Waals surface area (Å²) in [5.41, 5.74) is 1.19. The van der Waals surface area contributed by atoms with E-state index in [0.29, 0.717) is 16.9 Å². The molecule has 0 saturated carbocycles. The quantitative estimate of drug-likeness (QED) is 0.710. The number of hydrogen-bond acceptors (Lipinski definition) is 4. The molecule has 0 aliphatic rings. The van der Waals surface area contributed by atoms with Gasteiger partial charge in [-0.2, -0.15) is 0 Å². The zero-order valence-electron chi connectivity index (χ0n) is 14.6. The number of amides is 1. The predicted molar refractivity (Wildman–Crippen MR) is 96.1 cm³/mol. The van der Waals surface area contributed by atoms with E-state index >= 15 is 0 Å². The van der Waals surface area contributed by atoms with Gasteiger partial charge in [0.1, 0.15) is 5.75 Å². The van der Waals surface area contributed by atoms with Gasteiger partial charge in [0.2, 0.25) is 0 Å². The first-order valence-electron chi connectivity index (χ1n) is 8.19. The average molecular weight is 355 g/mol. The van der Waals surface area contributed by atoms with Crippen molar-refractivity contribution >= 4 is 17.7 Å². The molecule has 0 aromatic heterocycles. The molecule has 0 spiro atoms. The Morgan fingerprint density at radius 1 is 1.08 bits per heavy atom. The van der Waals surface area contributed by atoms with Gasteiger partial charge in [-0.1, -0.05) is 42.5 Å². The largest absolute Gasteiger partial charge is 0.484 e. The fourth-order valence-corrected chi connectivity index (χ4v) is 2.47. The van der Waals surface area contributed by atoms with Crippen LogP contribution in [-0.4, -0.2) is 29.4 Å². The number of rotatable bonds is 8. The van der Waals surface area contributed by atoms with Crippen molar-refractivity contribution in [2.24, 2.45) is 5.92 Å². The predicted octanol–water partition coefficient (Wildman–Crippen LogP) is 2.85. The number of ether oxygens (including phenoxy) is 1. The third-order valence-corrected chi connectivity index (χ3v) is 3.98. The maximum Gasteiger partial charge on any atom is 0.308 e. The Hall–Kier alpha value is -3.15. The lowest BCUT2D eigenvalue weighted by Gasteiger charge is -2.23. The van der Waals surface area contributed by atoms with Crippen molar-refractivity contribution < 1.29 is 24.2 Å². The van der Waals surface area contributed by atoms with Gasteiger partial charge in [-0.25, -0.2) is 0 Å². The maximum absolute atomic E-state index is 12.2. The zero-order valence-corrected chi connectivity index (χ0v) is 14.6. The monoisotopic (exact) mass is 355 g/mol. The normalized spacial score (nSPS) is 12.7. The van der Waals surface area contributed by atoms with Crippen molar-refractivity contribution in [3.63, 3.8) is 0 Å². The number of carboxylic acid groups (broad SMARTS) is 1. The van der Waals surface area contributed by atoms with Gasteiger partial charge in [0.15, 0.2) is 12.4 Å². The second kappa shape index (κ2) is 8.80. The Kier molecular flexibility index (Phi) is 6.49. The molecule has 2 rings (SSSR count). The molecule has 2 unspecified atom stereocenters. The Morgan fingerprint density at radius 3 is 2.38 bits per heavy atom. The van der Waals surface area contributed by atoms with E-state index in [2.05, 4.69) is 5.32 Å². The van der Waals surface area contributed by atoms with Gasteiger partial charge in [-0.15, -0.1) is 0 Å². The number of carboxylic acids is 1. The highest BCUT2D eigenvalue weighted by atomic mass is 16.5. The van der Waals surface area contributed by atoms with Crippen LogP contribution in [0.1, 0.15) is 35.8 Å². The first-order chi connectivity index (χ1) is 12.4. The van der Waals surface area contributed by atoms with Crippen molar-refractivity contribution in [3.05, 3.63) is 65.7 Å². The molecule has 0 radical (unpaired) electrons.